The minimum atomic E-state index is 0.642. The zero-order valence-corrected chi connectivity index (χ0v) is 12.6. The zero-order valence-electron chi connectivity index (χ0n) is 11.8. The van der Waals surface area contributed by atoms with E-state index in [-0.39, 0.29) is 0 Å². The number of nitrogens with one attached hydrogen (secondary N) is 1. The molecule has 1 aromatic heterocycles. The normalized spacial score (nSPS) is 18.7. The van der Waals surface area contributed by atoms with Crippen molar-refractivity contribution in [2.24, 2.45) is 0 Å². The van der Waals surface area contributed by atoms with E-state index in [4.69, 9.17) is 4.74 Å². The highest BCUT2D eigenvalue weighted by Crippen LogP contribution is 2.24. The quantitative estimate of drug-likeness (QED) is 0.771. The van der Waals surface area contributed by atoms with Gasteiger partial charge in [0.05, 0.1) is 6.61 Å². The summed E-state index contributed by atoms with van der Waals surface area (Å²) in [5.74, 6) is 3.57. The first-order valence-electron chi connectivity index (χ1n) is 6.76. The first-order valence-corrected chi connectivity index (χ1v) is 7.92. The minimum Gasteiger partial charge on any atom is -0.383 e. The monoisotopic (exact) mass is 281 g/mol. The maximum atomic E-state index is 5.00. The number of hydrogen-bond donors (Lipinski definition) is 1. The molecule has 2 heterocycles. The molecule has 4 nitrogen and oxygen atoms in total. The van der Waals surface area contributed by atoms with Crippen molar-refractivity contribution in [1.29, 1.82) is 0 Å². The van der Waals surface area contributed by atoms with E-state index < -0.39 is 0 Å². The first kappa shape index (κ1) is 14.6. The molecule has 0 aromatic carbocycles. The third kappa shape index (κ3) is 4.37. The predicted molar refractivity (Wildman–Crippen MR) is 82.0 cm³/mol. The van der Waals surface area contributed by atoms with Crippen molar-refractivity contribution in [3.8, 4) is 0 Å². The summed E-state index contributed by atoms with van der Waals surface area (Å²) in [7, 11) is 3.87. The van der Waals surface area contributed by atoms with Gasteiger partial charge in [-0.05, 0) is 23.8 Å². The summed E-state index contributed by atoms with van der Waals surface area (Å²) >= 11 is 2.03. The number of anilines is 1. The largest absolute Gasteiger partial charge is 0.383 e. The van der Waals surface area contributed by atoms with Crippen molar-refractivity contribution < 1.29 is 4.74 Å². The van der Waals surface area contributed by atoms with Crippen molar-refractivity contribution in [2.45, 2.75) is 19.0 Å². The molecule has 0 aliphatic carbocycles. The Kier molecular flexibility index (Phi) is 5.94. The minimum absolute atomic E-state index is 0.642. The smallest absolute Gasteiger partial charge is 0.128 e. The second-order valence-electron chi connectivity index (χ2n) is 4.82. The lowest BCUT2D eigenvalue weighted by molar-refractivity contribution is 0.199. The Hall–Kier alpha value is -0.780. The summed E-state index contributed by atoms with van der Waals surface area (Å²) in [5, 5.41) is 3.32. The van der Waals surface area contributed by atoms with Gasteiger partial charge in [-0.3, -0.25) is 0 Å². The van der Waals surface area contributed by atoms with Gasteiger partial charge in [-0.15, -0.1) is 0 Å². The predicted octanol–water partition coefficient (Wildman–Crippen LogP) is 1.76. The van der Waals surface area contributed by atoms with Crippen LogP contribution in [0.15, 0.2) is 18.3 Å². The molecule has 1 fully saturated rings. The van der Waals surface area contributed by atoms with E-state index in [9.17, 15) is 0 Å². The van der Waals surface area contributed by atoms with Crippen molar-refractivity contribution >= 4 is 17.6 Å². The van der Waals surface area contributed by atoms with Gasteiger partial charge < -0.3 is 15.0 Å². The van der Waals surface area contributed by atoms with Crippen LogP contribution in [0.3, 0.4) is 0 Å². The van der Waals surface area contributed by atoms with Crippen LogP contribution in [0.4, 0.5) is 5.82 Å². The van der Waals surface area contributed by atoms with E-state index in [1.165, 1.54) is 23.5 Å². The molecule has 1 atom stereocenters. The fraction of sp³-hybridized carbons (Fsp3) is 0.643. The van der Waals surface area contributed by atoms with Gasteiger partial charge in [0, 0.05) is 45.2 Å². The summed E-state index contributed by atoms with van der Waals surface area (Å²) in [4.78, 5) is 6.88. The van der Waals surface area contributed by atoms with Crippen LogP contribution >= 0.6 is 11.8 Å². The summed E-state index contributed by atoms with van der Waals surface area (Å²) in [6.45, 7) is 2.46. The van der Waals surface area contributed by atoms with E-state index in [0.717, 1.165) is 25.5 Å². The molecular formula is C14H23N3OS. The molecule has 19 heavy (non-hydrogen) atoms. The lowest BCUT2D eigenvalue weighted by Gasteiger charge is -2.24. The Morgan fingerprint density at radius 3 is 3.05 bits per heavy atom. The van der Waals surface area contributed by atoms with Crippen LogP contribution in [-0.4, -0.2) is 49.8 Å². The van der Waals surface area contributed by atoms with E-state index in [1.807, 2.05) is 18.0 Å². The van der Waals surface area contributed by atoms with Gasteiger partial charge in [-0.25, -0.2) is 4.98 Å². The molecule has 0 saturated carbocycles. The fourth-order valence-corrected chi connectivity index (χ4v) is 3.42. The molecule has 0 radical (unpaired) electrons. The average Bonchev–Trinajstić information content (AvgIpc) is 2.98. The highest BCUT2D eigenvalue weighted by Gasteiger charge is 2.20. The molecular weight excluding hydrogens is 258 g/mol. The van der Waals surface area contributed by atoms with Crippen molar-refractivity contribution in [3.05, 3.63) is 23.9 Å². The van der Waals surface area contributed by atoms with Crippen molar-refractivity contribution in [3.63, 3.8) is 0 Å². The lowest BCUT2D eigenvalue weighted by atomic mass is 10.2. The summed E-state index contributed by atoms with van der Waals surface area (Å²) in [5.41, 5.74) is 1.22. The van der Waals surface area contributed by atoms with Gasteiger partial charge in [0.15, 0.2) is 0 Å². The van der Waals surface area contributed by atoms with Gasteiger partial charge in [0.25, 0.3) is 0 Å². The Morgan fingerprint density at radius 2 is 2.42 bits per heavy atom. The Labute approximate surface area is 119 Å². The van der Waals surface area contributed by atoms with E-state index in [1.54, 1.807) is 7.11 Å². The number of nitrogens with zero attached hydrogens (tertiary/aromatic N) is 2. The van der Waals surface area contributed by atoms with Gasteiger partial charge >= 0.3 is 0 Å². The molecule has 0 bridgehead atoms. The lowest BCUT2D eigenvalue weighted by Crippen LogP contribution is -2.31. The van der Waals surface area contributed by atoms with Gasteiger partial charge in [-0.2, -0.15) is 11.8 Å². The number of aromatic nitrogens is 1. The van der Waals surface area contributed by atoms with Crippen LogP contribution in [0.25, 0.3) is 0 Å². The number of methoxy groups -OCH3 is 1. The van der Waals surface area contributed by atoms with Crippen molar-refractivity contribution in [1.82, 2.24) is 10.3 Å². The van der Waals surface area contributed by atoms with Crippen LogP contribution in [-0.2, 0) is 11.3 Å². The number of pyridine rings is 1. The average molecular weight is 281 g/mol. The standard InChI is InChI=1S/C14H23N3OS/c1-17(13-5-8-19-11-13)14-4-3-12(10-16-14)9-15-6-7-18-2/h3-4,10,13,15H,5-9,11H2,1-2H3. The van der Waals surface area contributed by atoms with Gasteiger partial charge in [0.1, 0.15) is 5.82 Å². The van der Waals surface area contributed by atoms with Crippen LogP contribution in [0.2, 0.25) is 0 Å². The topological polar surface area (TPSA) is 37.4 Å². The summed E-state index contributed by atoms with van der Waals surface area (Å²) in [6, 6.07) is 4.92. The first-order chi connectivity index (χ1) is 9.31. The second kappa shape index (κ2) is 7.72. The molecule has 106 valence electrons. The van der Waals surface area contributed by atoms with Crippen LogP contribution < -0.4 is 10.2 Å². The highest BCUT2D eigenvalue weighted by atomic mass is 32.2. The number of rotatable bonds is 7. The number of ether oxygens (including phenoxy) is 1. The van der Waals surface area contributed by atoms with E-state index in [0.29, 0.717) is 6.04 Å². The molecule has 1 unspecified atom stereocenters. The van der Waals surface area contributed by atoms with Gasteiger partial charge in [0.2, 0.25) is 0 Å². The van der Waals surface area contributed by atoms with E-state index >= 15 is 0 Å². The highest BCUT2D eigenvalue weighted by molar-refractivity contribution is 7.99. The van der Waals surface area contributed by atoms with Crippen LogP contribution in [0, 0.1) is 0 Å². The maximum absolute atomic E-state index is 5.00. The second-order valence-corrected chi connectivity index (χ2v) is 5.97. The summed E-state index contributed by atoms with van der Waals surface area (Å²) in [6.07, 6.45) is 3.23. The number of thioether (sulfide) groups is 1. The van der Waals surface area contributed by atoms with Crippen molar-refractivity contribution in [2.75, 3.05) is 43.7 Å². The Balaban J connectivity index is 1.83. The maximum Gasteiger partial charge on any atom is 0.128 e. The molecule has 1 aliphatic rings. The third-order valence-corrected chi connectivity index (χ3v) is 4.58. The van der Waals surface area contributed by atoms with Gasteiger partial charge in [-0.1, -0.05) is 6.07 Å². The molecule has 1 N–H and O–H groups in total. The molecule has 2 rings (SSSR count). The molecule has 5 heteroatoms. The molecule has 0 amide bonds. The molecule has 1 saturated heterocycles. The Bertz CT molecular complexity index is 365. The molecule has 1 aliphatic heterocycles. The van der Waals surface area contributed by atoms with E-state index in [2.05, 4.69) is 34.4 Å². The Morgan fingerprint density at radius 1 is 1.53 bits per heavy atom. The third-order valence-electron chi connectivity index (χ3n) is 3.44. The summed E-state index contributed by atoms with van der Waals surface area (Å²) < 4.78 is 5.00. The fourth-order valence-electron chi connectivity index (χ4n) is 2.15. The molecule has 1 aromatic rings. The number of hydrogen-bond acceptors (Lipinski definition) is 5. The van der Waals surface area contributed by atoms with Crippen LogP contribution in [0.1, 0.15) is 12.0 Å². The zero-order chi connectivity index (χ0) is 13.5. The van der Waals surface area contributed by atoms with Crippen LogP contribution in [0.5, 0.6) is 0 Å². The molecule has 0 spiro atoms. The SMILES string of the molecule is COCCNCc1ccc(N(C)C2CCSC2)nc1.